The molecule has 0 saturated carbocycles. The molecule has 0 aromatic heterocycles. The SMILES string of the molecule is C=CCN(C(=O)[C@H]1N(CCCCO)C(=O)[C@@H]2[C@@H](C(=O)OCC)[C@@H]3O[C@@]21CC3Br)c1c(C)cccc1Cl. The lowest BCUT2D eigenvalue weighted by Crippen LogP contribution is -2.57. The lowest BCUT2D eigenvalue weighted by Gasteiger charge is -2.37. The van der Waals surface area contributed by atoms with Crippen molar-refractivity contribution in [2.45, 2.75) is 55.7 Å². The van der Waals surface area contributed by atoms with Crippen LogP contribution in [0.25, 0.3) is 0 Å². The third-order valence-corrected chi connectivity index (χ3v) is 8.57. The summed E-state index contributed by atoms with van der Waals surface area (Å²) in [5.74, 6) is -2.74. The number of aliphatic hydroxyl groups is 1. The molecule has 2 amide bonds. The molecule has 1 aromatic rings. The Hall–Kier alpha value is -1.94. The largest absolute Gasteiger partial charge is 0.466 e. The van der Waals surface area contributed by atoms with Gasteiger partial charge in [0.1, 0.15) is 11.6 Å². The summed E-state index contributed by atoms with van der Waals surface area (Å²) >= 11 is 10.2. The van der Waals surface area contributed by atoms with Crippen molar-refractivity contribution >= 4 is 51.0 Å². The van der Waals surface area contributed by atoms with Crippen LogP contribution in [0, 0.1) is 18.8 Å². The van der Waals surface area contributed by atoms with E-state index in [0.29, 0.717) is 30.0 Å². The number of amides is 2. The minimum Gasteiger partial charge on any atom is -0.466 e. The molecule has 3 aliphatic heterocycles. The standard InChI is InChI=1S/C26H32BrClN2O6/c1-4-11-29(20-15(3)9-8-10-17(20)28)24(33)22-26-14-16(27)21(36-26)18(25(34)35-5-2)19(26)23(32)30(22)12-6-7-13-31/h4,8-10,16,18-19,21-22,31H,1,5-7,11-14H2,2-3H3/t16?,18-,19+,21-,22-,26+/m1/s1. The van der Waals surface area contributed by atoms with Crippen molar-refractivity contribution in [3.63, 3.8) is 0 Å². The molecule has 6 atom stereocenters. The van der Waals surface area contributed by atoms with Crippen LogP contribution in [0.5, 0.6) is 0 Å². The molecule has 3 aliphatic rings. The predicted octanol–water partition coefficient (Wildman–Crippen LogP) is 3.25. The Morgan fingerprint density at radius 3 is 2.81 bits per heavy atom. The fraction of sp³-hybridized carbons (Fsp3) is 0.577. The minimum absolute atomic E-state index is 0.0237. The summed E-state index contributed by atoms with van der Waals surface area (Å²) in [6.07, 6.45) is 2.44. The fourth-order valence-corrected chi connectivity index (χ4v) is 7.35. The van der Waals surface area contributed by atoms with E-state index in [4.69, 9.17) is 21.1 Å². The van der Waals surface area contributed by atoms with Crippen LogP contribution < -0.4 is 4.90 Å². The second-order valence-corrected chi connectivity index (χ2v) is 11.1. The molecular formula is C26H32BrClN2O6. The average Bonchev–Trinajstić information content (AvgIpc) is 3.42. The van der Waals surface area contributed by atoms with Gasteiger partial charge in [-0.2, -0.15) is 0 Å². The summed E-state index contributed by atoms with van der Waals surface area (Å²) in [5, 5.41) is 9.74. The summed E-state index contributed by atoms with van der Waals surface area (Å²) in [5.41, 5.74) is 0.178. The van der Waals surface area contributed by atoms with Gasteiger partial charge in [0, 0.05) is 24.5 Å². The highest BCUT2D eigenvalue weighted by Gasteiger charge is 2.77. The molecule has 1 spiro atoms. The normalized spacial score (nSPS) is 30.4. The van der Waals surface area contributed by atoms with E-state index in [1.165, 1.54) is 0 Å². The number of aliphatic hydroxyl groups excluding tert-OH is 1. The molecule has 3 saturated heterocycles. The summed E-state index contributed by atoms with van der Waals surface area (Å²) in [4.78, 5) is 44.2. The molecule has 4 rings (SSSR count). The summed E-state index contributed by atoms with van der Waals surface area (Å²) in [6, 6.07) is 4.44. The molecule has 0 radical (unpaired) electrons. The molecular weight excluding hydrogens is 552 g/mol. The number of esters is 1. The molecule has 1 N–H and O–H groups in total. The zero-order valence-corrected chi connectivity index (χ0v) is 22.8. The second-order valence-electron chi connectivity index (χ2n) is 9.52. The van der Waals surface area contributed by atoms with Crippen molar-refractivity contribution in [3.05, 3.63) is 41.4 Å². The Kier molecular flexibility index (Phi) is 8.14. The molecule has 3 heterocycles. The van der Waals surface area contributed by atoms with E-state index < -0.39 is 35.6 Å². The second kappa shape index (κ2) is 10.8. The fourth-order valence-electron chi connectivity index (χ4n) is 6.08. The minimum atomic E-state index is -1.18. The first kappa shape index (κ1) is 27.1. The number of halogens is 2. The van der Waals surface area contributed by atoms with Gasteiger partial charge in [0.2, 0.25) is 5.91 Å². The number of hydrogen-bond donors (Lipinski definition) is 1. The number of nitrogens with zero attached hydrogens (tertiary/aromatic N) is 2. The highest BCUT2D eigenvalue weighted by Crippen LogP contribution is 2.60. The van der Waals surface area contributed by atoms with Crippen molar-refractivity contribution in [2.24, 2.45) is 11.8 Å². The molecule has 1 aromatic carbocycles. The summed E-state index contributed by atoms with van der Waals surface area (Å²) in [7, 11) is 0. The van der Waals surface area contributed by atoms with Gasteiger partial charge in [-0.1, -0.05) is 45.7 Å². The van der Waals surface area contributed by atoms with Crippen LogP contribution in [0.15, 0.2) is 30.9 Å². The topological polar surface area (TPSA) is 96.4 Å². The van der Waals surface area contributed by atoms with Gasteiger partial charge >= 0.3 is 5.97 Å². The number of carbonyl (C=O) groups is 3. The van der Waals surface area contributed by atoms with Crippen LogP contribution in [0.1, 0.15) is 31.7 Å². The molecule has 2 bridgehead atoms. The van der Waals surface area contributed by atoms with Crippen LogP contribution in [0.4, 0.5) is 5.69 Å². The zero-order valence-electron chi connectivity index (χ0n) is 20.5. The van der Waals surface area contributed by atoms with Crippen molar-refractivity contribution in [3.8, 4) is 0 Å². The Labute approximate surface area is 224 Å². The number of unbranched alkanes of at least 4 members (excludes halogenated alkanes) is 1. The Morgan fingerprint density at radius 1 is 1.42 bits per heavy atom. The number of aryl methyl sites for hydroxylation is 1. The van der Waals surface area contributed by atoms with E-state index in [0.717, 1.165) is 5.56 Å². The number of hydrogen-bond acceptors (Lipinski definition) is 6. The summed E-state index contributed by atoms with van der Waals surface area (Å²) in [6.45, 7) is 8.01. The van der Waals surface area contributed by atoms with Crippen molar-refractivity contribution in [2.75, 3.05) is 31.2 Å². The zero-order chi connectivity index (χ0) is 26.2. The maximum atomic E-state index is 14.4. The molecule has 8 nitrogen and oxygen atoms in total. The predicted molar refractivity (Wildman–Crippen MR) is 139 cm³/mol. The third-order valence-electron chi connectivity index (χ3n) is 7.43. The number of benzene rings is 1. The van der Waals surface area contributed by atoms with E-state index in [1.807, 2.05) is 19.1 Å². The number of likely N-dealkylation sites (tertiary alicyclic amines) is 1. The van der Waals surface area contributed by atoms with E-state index in [-0.39, 0.29) is 42.9 Å². The van der Waals surface area contributed by atoms with Gasteiger partial charge in [-0.15, -0.1) is 6.58 Å². The van der Waals surface area contributed by atoms with Crippen molar-refractivity contribution < 1.29 is 29.0 Å². The smallest absolute Gasteiger partial charge is 0.312 e. The monoisotopic (exact) mass is 582 g/mol. The first-order chi connectivity index (χ1) is 17.2. The number of alkyl halides is 1. The lowest BCUT2D eigenvalue weighted by molar-refractivity contribution is -0.154. The van der Waals surface area contributed by atoms with Gasteiger partial charge in [-0.3, -0.25) is 14.4 Å². The van der Waals surface area contributed by atoms with Crippen LogP contribution in [-0.2, 0) is 23.9 Å². The van der Waals surface area contributed by atoms with E-state index in [1.54, 1.807) is 28.9 Å². The lowest BCUT2D eigenvalue weighted by atomic mass is 9.70. The number of ether oxygens (including phenoxy) is 2. The van der Waals surface area contributed by atoms with E-state index >= 15 is 0 Å². The van der Waals surface area contributed by atoms with Gasteiger partial charge in [0.05, 0.1) is 35.3 Å². The number of fused-ring (bicyclic) bond motifs is 1. The number of para-hydroxylation sites is 1. The molecule has 36 heavy (non-hydrogen) atoms. The maximum absolute atomic E-state index is 14.4. The Balaban J connectivity index is 1.81. The van der Waals surface area contributed by atoms with Gasteiger partial charge in [-0.05, 0) is 44.7 Å². The summed E-state index contributed by atoms with van der Waals surface area (Å²) < 4.78 is 11.8. The van der Waals surface area contributed by atoms with Crippen molar-refractivity contribution in [1.29, 1.82) is 0 Å². The van der Waals surface area contributed by atoms with Crippen LogP contribution in [0.3, 0.4) is 0 Å². The first-order valence-electron chi connectivity index (χ1n) is 12.3. The van der Waals surface area contributed by atoms with Gasteiger partial charge in [-0.25, -0.2) is 0 Å². The van der Waals surface area contributed by atoms with Crippen molar-refractivity contribution in [1.82, 2.24) is 4.90 Å². The molecule has 196 valence electrons. The number of rotatable bonds is 10. The van der Waals surface area contributed by atoms with E-state index in [2.05, 4.69) is 22.5 Å². The highest BCUT2D eigenvalue weighted by molar-refractivity contribution is 9.09. The maximum Gasteiger partial charge on any atom is 0.312 e. The third kappa shape index (κ3) is 4.27. The first-order valence-corrected chi connectivity index (χ1v) is 13.6. The quantitative estimate of drug-likeness (QED) is 0.197. The molecule has 3 fully saturated rings. The van der Waals surface area contributed by atoms with Gasteiger partial charge in [0.15, 0.2) is 0 Å². The molecule has 0 aliphatic carbocycles. The number of anilines is 1. The van der Waals surface area contributed by atoms with E-state index in [9.17, 15) is 19.5 Å². The van der Waals surface area contributed by atoms with Crippen LogP contribution in [-0.4, -0.2) is 76.7 Å². The number of carbonyl (C=O) groups excluding carboxylic acids is 3. The average molecular weight is 584 g/mol. The van der Waals surface area contributed by atoms with Gasteiger partial charge < -0.3 is 24.4 Å². The molecule has 1 unspecified atom stereocenters. The molecule has 10 heteroatoms. The Morgan fingerprint density at radius 2 is 2.17 bits per heavy atom. The van der Waals surface area contributed by atoms with Crippen LogP contribution >= 0.6 is 27.5 Å². The van der Waals surface area contributed by atoms with Gasteiger partial charge in [0.25, 0.3) is 5.91 Å². The van der Waals surface area contributed by atoms with Crippen LogP contribution in [0.2, 0.25) is 5.02 Å². The Bertz CT molecular complexity index is 1030. The highest BCUT2D eigenvalue weighted by atomic mass is 79.9.